The van der Waals surface area contributed by atoms with Crippen molar-refractivity contribution in [1.82, 2.24) is 25.0 Å². The third-order valence-corrected chi connectivity index (χ3v) is 10.1. The Labute approximate surface area is 286 Å². The van der Waals surface area contributed by atoms with Crippen LogP contribution < -0.4 is 10.2 Å². The molecule has 3 aliphatic carbocycles. The molecule has 3 heterocycles. The van der Waals surface area contributed by atoms with Crippen LogP contribution in [0.15, 0.2) is 36.7 Å². The highest BCUT2D eigenvalue weighted by Gasteiger charge is 2.59. The zero-order valence-electron chi connectivity index (χ0n) is 28.0. The van der Waals surface area contributed by atoms with Gasteiger partial charge in [0.25, 0.3) is 0 Å². The summed E-state index contributed by atoms with van der Waals surface area (Å²) in [5, 5.41) is 33.0. The van der Waals surface area contributed by atoms with Gasteiger partial charge in [-0.15, -0.1) is 5.10 Å². The van der Waals surface area contributed by atoms with E-state index in [4.69, 9.17) is 4.74 Å². The van der Waals surface area contributed by atoms with Gasteiger partial charge in [0.2, 0.25) is 12.7 Å². The number of anilines is 2. The molecule has 3 N–H and O–H groups in total. The number of rotatable bonds is 10. The fourth-order valence-electron chi connectivity index (χ4n) is 6.37. The Morgan fingerprint density at radius 3 is 2.50 bits per heavy atom. The van der Waals surface area contributed by atoms with Crippen molar-refractivity contribution in [2.75, 3.05) is 17.0 Å². The zero-order chi connectivity index (χ0) is 36.2. The molecule has 1 amide bonds. The van der Waals surface area contributed by atoms with E-state index < -0.39 is 32.7 Å². The van der Waals surface area contributed by atoms with Crippen molar-refractivity contribution >= 4 is 36.2 Å². The summed E-state index contributed by atoms with van der Waals surface area (Å²) >= 11 is 0. The summed E-state index contributed by atoms with van der Waals surface area (Å²) in [4.78, 5) is 42.2. The number of nitriles is 2. The van der Waals surface area contributed by atoms with Gasteiger partial charge in [-0.2, -0.15) is 14.9 Å². The van der Waals surface area contributed by atoms with Gasteiger partial charge in [-0.25, -0.2) is 23.5 Å². The van der Waals surface area contributed by atoms with E-state index in [1.165, 1.54) is 18.3 Å². The summed E-state index contributed by atoms with van der Waals surface area (Å²) < 4.78 is 37.3. The predicted molar refractivity (Wildman–Crippen MR) is 177 cm³/mol. The first-order valence-electron chi connectivity index (χ1n) is 15.8. The lowest BCUT2D eigenvalue weighted by Gasteiger charge is -2.61. The number of hydrogen-bond acceptors (Lipinski definition) is 11. The fourth-order valence-corrected chi connectivity index (χ4v) is 6.56. The Bertz CT molecular complexity index is 2120. The first-order valence-corrected chi connectivity index (χ1v) is 17.3. The summed E-state index contributed by atoms with van der Waals surface area (Å²) in [5.74, 6) is -0.136. The normalized spacial score (nSPS) is 19.4. The molecule has 0 spiro atoms. The molecular formula is C33H35FN9O6P. The van der Waals surface area contributed by atoms with E-state index in [1.54, 1.807) is 23.9 Å². The molecule has 50 heavy (non-hydrogen) atoms. The van der Waals surface area contributed by atoms with Crippen molar-refractivity contribution in [1.29, 1.82) is 10.5 Å². The minimum absolute atomic E-state index is 0.0444. The van der Waals surface area contributed by atoms with Crippen molar-refractivity contribution in [2.24, 2.45) is 11.3 Å². The number of benzene rings is 1. The molecule has 2 atom stereocenters. The predicted octanol–water partition coefficient (Wildman–Crippen LogP) is 5.57. The molecule has 2 bridgehead atoms. The maximum Gasteiger partial charge on any atom is 0.472 e. The van der Waals surface area contributed by atoms with Crippen LogP contribution in [-0.4, -0.2) is 53.7 Å². The molecule has 0 saturated heterocycles. The van der Waals surface area contributed by atoms with Crippen LogP contribution in [0.5, 0.6) is 0 Å². The number of hydrogen-bond donors (Lipinski definition) is 3. The lowest BCUT2D eigenvalue weighted by atomic mass is 9.50. The van der Waals surface area contributed by atoms with Gasteiger partial charge in [0.05, 0.1) is 39.8 Å². The van der Waals surface area contributed by atoms with E-state index in [0.717, 1.165) is 30.2 Å². The van der Waals surface area contributed by atoms with E-state index in [2.05, 4.69) is 42.3 Å². The molecule has 3 saturated carbocycles. The first-order chi connectivity index (χ1) is 23.5. The molecule has 260 valence electrons. The maximum absolute atomic E-state index is 14.4. The minimum atomic E-state index is -5.04. The molecule has 7 rings (SSSR count). The quantitative estimate of drug-likeness (QED) is 0.105. The maximum atomic E-state index is 14.4. The number of phosphoric acid groups is 1. The monoisotopic (exact) mass is 703 g/mol. The van der Waals surface area contributed by atoms with E-state index in [-0.39, 0.29) is 50.7 Å². The molecule has 0 aliphatic heterocycles. The van der Waals surface area contributed by atoms with Gasteiger partial charge in [-0.05, 0) is 62.6 Å². The van der Waals surface area contributed by atoms with Crippen LogP contribution in [0, 0.1) is 46.9 Å². The zero-order valence-corrected chi connectivity index (χ0v) is 28.8. The van der Waals surface area contributed by atoms with Crippen molar-refractivity contribution in [2.45, 2.75) is 71.5 Å². The van der Waals surface area contributed by atoms with Crippen molar-refractivity contribution in [3.63, 3.8) is 0 Å². The standard InChI is InChI=1S/C33H35FN9O6P/c1-18-24(6-7-27(34)38-18)30(26-16-42(41-40-26)33-10-20(11-33)12-33)43(31(44)48-17-49-50(45,46)47)23-8-21(13-35)28-25(9-23)29(22(14-36)15-37-28)39-19(2)32(3,4)5/h6-9,15-16,19-20,30H,10-12,17H2,1-5H3,(H,37,39)(H2,45,46,47)/t19?,20?,30-,33?/m0/s1. The van der Waals surface area contributed by atoms with E-state index in [1.807, 2.05) is 27.7 Å². The van der Waals surface area contributed by atoms with Crippen LogP contribution in [0.25, 0.3) is 10.9 Å². The molecule has 17 heteroatoms. The second kappa shape index (κ2) is 12.7. The number of fused-ring (bicyclic) bond motifs is 1. The van der Waals surface area contributed by atoms with Crippen molar-refractivity contribution in [3.8, 4) is 12.1 Å². The number of pyridine rings is 2. The molecule has 0 radical (unpaired) electrons. The first kappa shape index (κ1) is 34.9. The largest absolute Gasteiger partial charge is 0.472 e. The lowest BCUT2D eigenvalue weighted by molar-refractivity contribution is -0.0989. The van der Waals surface area contributed by atoms with Crippen LogP contribution in [0.4, 0.5) is 20.6 Å². The summed E-state index contributed by atoms with van der Waals surface area (Å²) in [7, 11) is -5.04. The molecule has 3 aliphatic rings. The number of aromatic nitrogens is 5. The van der Waals surface area contributed by atoms with E-state index >= 15 is 0 Å². The highest BCUT2D eigenvalue weighted by atomic mass is 31.2. The number of carbonyl (C=O) groups excluding carboxylic acids is 1. The second-order valence-electron chi connectivity index (χ2n) is 13.9. The highest BCUT2D eigenvalue weighted by molar-refractivity contribution is 7.46. The summed E-state index contributed by atoms with van der Waals surface area (Å²) in [6, 6.07) is 8.41. The van der Waals surface area contributed by atoms with E-state index in [0.29, 0.717) is 22.6 Å². The Morgan fingerprint density at radius 2 is 1.92 bits per heavy atom. The second-order valence-corrected chi connectivity index (χ2v) is 15.2. The fraction of sp³-hybridized carbons (Fsp3) is 0.424. The molecule has 3 fully saturated rings. The highest BCUT2D eigenvalue weighted by Crippen LogP contribution is 2.62. The Hall–Kier alpha value is -4.99. The summed E-state index contributed by atoms with van der Waals surface area (Å²) in [6.45, 7) is 8.44. The number of carbonyl (C=O) groups is 1. The minimum Gasteiger partial charge on any atom is -0.421 e. The van der Waals surface area contributed by atoms with Crippen LogP contribution in [-0.2, 0) is 19.4 Å². The number of amides is 1. The average molecular weight is 704 g/mol. The van der Waals surface area contributed by atoms with Crippen LogP contribution in [0.2, 0.25) is 0 Å². The number of phosphoric ester groups is 1. The van der Waals surface area contributed by atoms with Crippen LogP contribution in [0.3, 0.4) is 0 Å². The average Bonchev–Trinajstić information content (AvgIpc) is 3.46. The van der Waals surface area contributed by atoms with Crippen molar-refractivity contribution in [3.05, 3.63) is 70.7 Å². The number of ether oxygens (including phenoxy) is 1. The van der Waals surface area contributed by atoms with Gasteiger partial charge in [-0.3, -0.25) is 9.88 Å². The van der Waals surface area contributed by atoms with Crippen LogP contribution in [0.1, 0.15) is 81.1 Å². The van der Waals surface area contributed by atoms with Crippen LogP contribution >= 0.6 is 7.82 Å². The smallest absolute Gasteiger partial charge is 0.421 e. The Morgan fingerprint density at radius 1 is 1.22 bits per heavy atom. The summed E-state index contributed by atoms with van der Waals surface area (Å²) in [5.41, 5.74) is 1.27. The van der Waals surface area contributed by atoms with Gasteiger partial charge in [0.1, 0.15) is 23.9 Å². The molecular weight excluding hydrogens is 668 g/mol. The SMILES string of the molecule is Cc1nc(F)ccc1[C@@H](c1cn(C23CC(C2)C3)nn1)N(C(=O)OCOP(=O)(O)O)c1cc(C#N)c2ncc(C#N)c(NC(C)C(C)(C)C)c2c1. The van der Waals surface area contributed by atoms with Crippen molar-refractivity contribution < 1.29 is 32.8 Å². The van der Waals surface area contributed by atoms with E-state index in [9.17, 15) is 34.1 Å². The Kier molecular flexibility index (Phi) is 8.87. The molecule has 3 aromatic heterocycles. The number of nitrogens with zero attached hydrogens (tertiary/aromatic N) is 8. The number of halogens is 1. The molecule has 4 aromatic rings. The molecule has 15 nitrogen and oxygen atoms in total. The van der Waals surface area contributed by atoms with Gasteiger partial charge in [0.15, 0.2) is 0 Å². The van der Waals surface area contributed by atoms with Gasteiger partial charge >= 0.3 is 13.9 Å². The van der Waals surface area contributed by atoms with Gasteiger partial charge < -0.3 is 19.8 Å². The number of nitrogens with one attached hydrogen (secondary N) is 1. The Balaban J connectivity index is 1.58. The molecule has 1 unspecified atom stereocenters. The van der Waals surface area contributed by atoms with Gasteiger partial charge in [0, 0.05) is 28.9 Å². The third kappa shape index (κ3) is 6.51. The summed E-state index contributed by atoms with van der Waals surface area (Å²) in [6.07, 6.45) is 4.74. The topological polar surface area (TPSA) is 212 Å². The van der Waals surface area contributed by atoms with Gasteiger partial charge in [-0.1, -0.05) is 32.1 Å². The lowest BCUT2D eigenvalue weighted by Crippen LogP contribution is -2.59. The number of aryl methyl sites for hydroxylation is 1. The molecule has 1 aromatic carbocycles. The third-order valence-electron chi connectivity index (χ3n) is 9.66.